The normalized spacial score (nSPS) is 16.6. The van der Waals surface area contributed by atoms with Crippen molar-refractivity contribution in [3.05, 3.63) is 18.2 Å². The van der Waals surface area contributed by atoms with Gasteiger partial charge in [-0.1, -0.05) is 11.3 Å². The van der Waals surface area contributed by atoms with Crippen LogP contribution in [0.1, 0.15) is 12.8 Å². The molecular weight excluding hydrogens is 338 g/mol. The van der Waals surface area contributed by atoms with Gasteiger partial charge in [-0.2, -0.15) is 0 Å². The molecule has 3 N–H and O–H groups in total. The van der Waals surface area contributed by atoms with E-state index in [2.05, 4.69) is 10.3 Å². The Balaban J connectivity index is 0.00000192. The van der Waals surface area contributed by atoms with Crippen LogP contribution in [-0.2, 0) is 9.53 Å². The third-order valence-corrected chi connectivity index (χ3v) is 4.84. The summed E-state index contributed by atoms with van der Waals surface area (Å²) in [6.45, 7) is 1.35. The molecule has 6 nitrogen and oxygen atoms in total. The molecule has 1 fully saturated rings. The lowest BCUT2D eigenvalue weighted by Gasteiger charge is -2.26. The van der Waals surface area contributed by atoms with Crippen LogP contribution in [0, 0.1) is 5.92 Å². The Morgan fingerprint density at radius 2 is 2.22 bits per heavy atom. The summed E-state index contributed by atoms with van der Waals surface area (Å²) in [5.74, 6) is 0.758. The van der Waals surface area contributed by atoms with Gasteiger partial charge in [-0.3, -0.25) is 4.79 Å². The molecule has 0 bridgehead atoms. The summed E-state index contributed by atoms with van der Waals surface area (Å²) in [5.41, 5.74) is 6.90. The van der Waals surface area contributed by atoms with E-state index in [0.29, 0.717) is 18.3 Å². The first kappa shape index (κ1) is 17.9. The van der Waals surface area contributed by atoms with E-state index in [1.807, 2.05) is 18.2 Å². The fourth-order valence-corrected chi connectivity index (χ4v) is 3.46. The molecule has 0 aliphatic carbocycles. The molecule has 126 valence electrons. The first-order valence-corrected chi connectivity index (χ1v) is 8.08. The monoisotopic (exact) mass is 357 g/mol. The number of methoxy groups -OCH3 is 1. The van der Waals surface area contributed by atoms with Crippen molar-refractivity contribution in [1.82, 2.24) is 4.98 Å². The van der Waals surface area contributed by atoms with Crippen molar-refractivity contribution in [2.75, 3.05) is 25.6 Å². The number of nitrogens with one attached hydrogen (secondary N) is 1. The van der Waals surface area contributed by atoms with Crippen LogP contribution in [0.4, 0.5) is 5.13 Å². The molecule has 8 heteroatoms. The van der Waals surface area contributed by atoms with Gasteiger partial charge < -0.3 is 20.5 Å². The maximum atomic E-state index is 12.3. The van der Waals surface area contributed by atoms with E-state index in [9.17, 15) is 4.79 Å². The minimum Gasteiger partial charge on any atom is -0.497 e. The lowest BCUT2D eigenvalue weighted by Crippen LogP contribution is -2.43. The van der Waals surface area contributed by atoms with Crippen LogP contribution in [0.2, 0.25) is 0 Å². The van der Waals surface area contributed by atoms with E-state index in [4.69, 9.17) is 15.2 Å². The molecule has 2 aromatic rings. The van der Waals surface area contributed by atoms with Crippen molar-refractivity contribution in [1.29, 1.82) is 0 Å². The van der Waals surface area contributed by atoms with Crippen molar-refractivity contribution in [3.8, 4) is 5.75 Å². The number of carbonyl (C=O) groups is 1. The first-order valence-electron chi connectivity index (χ1n) is 7.26. The van der Waals surface area contributed by atoms with E-state index >= 15 is 0 Å². The predicted molar refractivity (Wildman–Crippen MR) is 93.6 cm³/mol. The summed E-state index contributed by atoms with van der Waals surface area (Å²) < 4.78 is 11.5. The Bertz CT molecular complexity index is 673. The largest absolute Gasteiger partial charge is 0.497 e. The van der Waals surface area contributed by atoms with E-state index < -0.39 is 6.04 Å². The van der Waals surface area contributed by atoms with Crippen LogP contribution < -0.4 is 15.8 Å². The number of benzene rings is 1. The molecule has 23 heavy (non-hydrogen) atoms. The van der Waals surface area contributed by atoms with Gasteiger partial charge in [0.25, 0.3) is 0 Å². The number of nitrogens with two attached hydrogens (primary N) is 1. The lowest BCUT2D eigenvalue weighted by atomic mass is 9.92. The number of nitrogens with zero attached hydrogens (tertiary/aromatic N) is 1. The number of fused-ring (bicyclic) bond motifs is 1. The molecule has 0 radical (unpaired) electrons. The molecule has 1 saturated heterocycles. The highest BCUT2D eigenvalue weighted by Gasteiger charge is 2.27. The van der Waals surface area contributed by atoms with Crippen molar-refractivity contribution < 1.29 is 14.3 Å². The zero-order valence-electron chi connectivity index (χ0n) is 12.8. The molecule has 2 heterocycles. The summed E-state index contributed by atoms with van der Waals surface area (Å²) in [4.78, 5) is 16.7. The smallest absolute Gasteiger partial charge is 0.243 e. The van der Waals surface area contributed by atoms with Crippen LogP contribution in [0.15, 0.2) is 18.2 Å². The summed E-state index contributed by atoms with van der Waals surface area (Å²) >= 11 is 1.42. The highest BCUT2D eigenvalue weighted by Crippen LogP contribution is 2.29. The Kier molecular flexibility index (Phi) is 6.17. The van der Waals surface area contributed by atoms with Crippen LogP contribution in [0.25, 0.3) is 10.2 Å². The molecule has 1 aromatic carbocycles. The molecule has 1 amide bonds. The maximum absolute atomic E-state index is 12.3. The summed E-state index contributed by atoms with van der Waals surface area (Å²) in [6.07, 6.45) is 1.65. The van der Waals surface area contributed by atoms with Gasteiger partial charge in [0.05, 0.1) is 23.4 Å². The van der Waals surface area contributed by atoms with E-state index in [1.54, 1.807) is 7.11 Å². The number of carbonyl (C=O) groups excluding carboxylic acids is 1. The predicted octanol–water partition coefficient (Wildman–Crippen LogP) is 2.42. The van der Waals surface area contributed by atoms with Gasteiger partial charge in [0.1, 0.15) is 5.75 Å². The average molecular weight is 358 g/mol. The van der Waals surface area contributed by atoms with Crippen molar-refractivity contribution in [3.63, 3.8) is 0 Å². The quantitative estimate of drug-likeness (QED) is 0.877. The fourth-order valence-electron chi connectivity index (χ4n) is 2.56. The first-order chi connectivity index (χ1) is 10.7. The van der Waals surface area contributed by atoms with Crippen molar-refractivity contribution >= 4 is 45.0 Å². The van der Waals surface area contributed by atoms with Gasteiger partial charge in [0.15, 0.2) is 5.13 Å². The average Bonchev–Trinajstić information content (AvgIpc) is 2.95. The number of ether oxygens (including phenoxy) is 2. The minimum atomic E-state index is -0.523. The molecular formula is C15H20ClN3O3S. The minimum absolute atomic E-state index is 0. The number of thiazole rings is 1. The topological polar surface area (TPSA) is 86.5 Å². The Hall–Kier alpha value is -1.41. The number of halogens is 1. The van der Waals surface area contributed by atoms with Crippen LogP contribution >= 0.6 is 23.7 Å². The third kappa shape index (κ3) is 4.11. The van der Waals surface area contributed by atoms with Crippen molar-refractivity contribution in [2.45, 2.75) is 18.9 Å². The van der Waals surface area contributed by atoms with Crippen LogP contribution in [-0.4, -0.2) is 37.3 Å². The zero-order valence-corrected chi connectivity index (χ0v) is 14.4. The van der Waals surface area contributed by atoms with Gasteiger partial charge in [-0.15, -0.1) is 12.4 Å². The van der Waals surface area contributed by atoms with Gasteiger partial charge in [0.2, 0.25) is 5.91 Å². The molecule has 1 unspecified atom stereocenters. The Labute approximate surface area is 144 Å². The molecule has 3 rings (SSSR count). The SMILES string of the molecule is COc1ccc2nc(NC(=O)C(N)C3CCOCC3)sc2c1.Cl. The van der Waals surface area contributed by atoms with Gasteiger partial charge in [-0.05, 0) is 37.0 Å². The van der Waals surface area contributed by atoms with E-state index in [-0.39, 0.29) is 24.2 Å². The molecule has 1 atom stereocenters. The maximum Gasteiger partial charge on any atom is 0.243 e. The standard InChI is InChI=1S/C15H19N3O3S.ClH/c1-20-10-2-3-11-12(8-10)22-15(17-11)18-14(19)13(16)9-4-6-21-7-5-9;/h2-3,8-9,13H,4-7,16H2,1H3,(H,17,18,19);1H. The summed E-state index contributed by atoms with van der Waals surface area (Å²) in [5, 5.41) is 3.39. The number of hydrogen-bond donors (Lipinski definition) is 2. The molecule has 0 spiro atoms. The number of amides is 1. The fraction of sp³-hybridized carbons (Fsp3) is 0.467. The number of aromatic nitrogens is 1. The highest BCUT2D eigenvalue weighted by atomic mass is 35.5. The number of anilines is 1. The van der Waals surface area contributed by atoms with Gasteiger partial charge in [0, 0.05) is 13.2 Å². The van der Waals surface area contributed by atoms with Crippen LogP contribution in [0.3, 0.4) is 0 Å². The zero-order chi connectivity index (χ0) is 15.5. The molecule has 1 aromatic heterocycles. The van der Waals surface area contributed by atoms with E-state index in [0.717, 1.165) is 28.8 Å². The van der Waals surface area contributed by atoms with E-state index in [1.165, 1.54) is 11.3 Å². The van der Waals surface area contributed by atoms with Crippen LogP contribution in [0.5, 0.6) is 5.75 Å². The van der Waals surface area contributed by atoms with Crippen molar-refractivity contribution in [2.24, 2.45) is 11.7 Å². The highest BCUT2D eigenvalue weighted by molar-refractivity contribution is 7.22. The summed E-state index contributed by atoms with van der Waals surface area (Å²) in [7, 11) is 1.62. The molecule has 0 saturated carbocycles. The Morgan fingerprint density at radius 3 is 2.91 bits per heavy atom. The Morgan fingerprint density at radius 1 is 1.48 bits per heavy atom. The molecule has 1 aliphatic rings. The van der Waals surface area contributed by atoms with Gasteiger partial charge in [-0.25, -0.2) is 4.98 Å². The second-order valence-electron chi connectivity index (χ2n) is 5.32. The lowest BCUT2D eigenvalue weighted by molar-refractivity contribution is -0.119. The third-order valence-electron chi connectivity index (χ3n) is 3.90. The second-order valence-corrected chi connectivity index (χ2v) is 6.35. The number of rotatable bonds is 4. The summed E-state index contributed by atoms with van der Waals surface area (Å²) in [6, 6.07) is 5.10. The second kappa shape index (κ2) is 7.92. The molecule has 1 aliphatic heterocycles. The van der Waals surface area contributed by atoms with Gasteiger partial charge >= 0.3 is 0 Å². The number of hydrogen-bond acceptors (Lipinski definition) is 6.